The van der Waals surface area contributed by atoms with Gasteiger partial charge in [0.25, 0.3) is 0 Å². The second kappa shape index (κ2) is 9.33. The molecule has 0 N–H and O–H groups in total. The topological polar surface area (TPSA) is 84.9 Å². The average Bonchev–Trinajstić information content (AvgIpc) is 3.46. The molecule has 1 aliphatic carbocycles. The number of amides is 1. The van der Waals surface area contributed by atoms with Crippen LogP contribution < -0.4 is 4.74 Å². The molecule has 1 aromatic carbocycles. The van der Waals surface area contributed by atoms with E-state index in [1.54, 1.807) is 18.5 Å². The zero-order valence-electron chi connectivity index (χ0n) is 20.0. The molecule has 0 atom stereocenters. The molecule has 1 aromatic heterocycles. The maximum atomic E-state index is 13.0. The maximum Gasteiger partial charge on any atom is 0.339 e. The number of carbonyl (C=O) groups excluding carboxylic acids is 2. The largest absolute Gasteiger partial charge is 0.451 e. The van der Waals surface area contributed by atoms with Gasteiger partial charge in [-0.15, -0.1) is 0 Å². The van der Waals surface area contributed by atoms with Gasteiger partial charge in [-0.2, -0.15) is 0 Å². The van der Waals surface area contributed by atoms with E-state index in [2.05, 4.69) is 14.9 Å². The Morgan fingerprint density at radius 1 is 1.21 bits per heavy atom. The first-order chi connectivity index (χ1) is 16.4. The number of rotatable bonds is 6. The molecule has 3 heterocycles. The van der Waals surface area contributed by atoms with Crippen LogP contribution in [0.5, 0.6) is 11.8 Å². The van der Waals surface area contributed by atoms with Crippen molar-refractivity contribution < 1.29 is 19.1 Å². The maximum absolute atomic E-state index is 13.0. The Labute approximate surface area is 200 Å². The first-order valence-electron chi connectivity index (χ1n) is 12.3. The van der Waals surface area contributed by atoms with E-state index in [0.717, 1.165) is 50.1 Å². The molecule has 1 amide bonds. The van der Waals surface area contributed by atoms with E-state index in [1.165, 1.54) is 12.8 Å². The monoisotopic (exact) mass is 464 g/mol. The lowest BCUT2D eigenvalue weighted by Gasteiger charge is -2.37. The zero-order valence-corrected chi connectivity index (χ0v) is 20.0. The Hall–Kier alpha value is -3.00. The number of carbonyl (C=O) groups is 2. The summed E-state index contributed by atoms with van der Waals surface area (Å²) in [7, 11) is 1.91. The molecule has 0 radical (unpaired) electrons. The highest BCUT2D eigenvalue weighted by atomic mass is 16.6. The summed E-state index contributed by atoms with van der Waals surface area (Å²) in [5.74, 6) is 0.358. The van der Waals surface area contributed by atoms with Crippen molar-refractivity contribution in [2.24, 2.45) is 5.92 Å². The van der Waals surface area contributed by atoms with Crippen molar-refractivity contribution in [1.82, 2.24) is 19.8 Å². The number of hydrogen-bond donors (Lipinski definition) is 0. The summed E-state index contributed by atoms with van der Waals surface area (Å²) >= 11 is 0. The number of aromatic nitrogens is 2. The number of likely N-dealkylation sites (N-methyl/N-ethyl adjacent to an activating group) is 1. The predicted octanol–water partition coefficient (Wildman–Crippen LogP) is 3.69. The Balaban J connectivity index is 1.22. The van der Waals surface area contributed by atoms with Crippen LogP contribution >= 0.6 is 0 Å². The van der Waals surface area contributed by atoms with Crippen LogP contribution in [0.2, 0.25) is 0 Å². The van der Waals surface area contributed by atoms with Crippen molar-refractivity contribution in [2.75, 3.05) is 33.2 Å². The summed E-state index contributed by atoms with van der Waals surface area (Å²) in [5.41, 5.74) is 1.72. The van der Waals surface area contributed by atoms with Gasteiger partial charge in [-0.05, 0) is 76.2 Å². The van der Waals surface area contributed by atoms with E-state index >= 15 is 0 Å². The number of hydrogen-bond acceptors (Lipinski definition) is 7. The van der Waals surface area contributed by atoms with E-state index < -0.39 is 5.60 Å². The fraction of sp³-hybridized carbons (Fsp3) is 0.538. The standard InChI is InChI=1S/C26H32N4O4/c1-18-16-27-25(28-17-18)33-20-5-6-22-21(15-20)24(32)34-26(22)9-7-19(8-10-26)23(31)29(2)13-14-30-11-3-4-12-30/h5-6,15-17,19H,3-4,7-14H2,1-2H3. The number of nitrogens with zero attached hydrogens (tertiary/aromatic N) is 4. The van der Waals surface area contributed by atoms with Gasteiger partial charge >= 0.3 is 12.0 Å². The number of ether oxygens (including phenoxy) is 2. The molecular weight excluding hydrogens is 432 g/mol. The summed E-state index contributed by atoms with van der Waals surface area (Å²) in [6.07, 6.45) is 8.63. The van der Waals surface area contributed by atoms with Crippen LogP contribution in [0.25, 0.3) is 0 Å². The van der Waals surface area contributed by atoms with E-state index in [0.29, 0.717) is 24.2 Å². The highest BCUT2D eigenvalue weighted by Crippen LogP contribution is 2.49. The summed E-state index contributed by atoms with van der Waals surface area (Å²) in [4.78, 5) is 38.4. The molecule has 0 bridgehead atoms. The normalized spacial score (nSPS) is 24.2. The van der Waals surface area contributed by atoms with Crippen molar-refractivity contribution in [3.05, 3.63) is 47.3 Å². The molecule has 2 aliphatic heterocycles. The number of benzene rings is 1. The number of likely N-dealkylation sites (tertiary alicyclic amines) is 1. The fourth-order valence-electron chi connectivity index (χ4n) is 5.40. The van der Waals surface area contributed by atoms with Crippen LogP contribution in [0, 0.1) is 12.8 Å². The van der Waals surface area contributed by atoms with Gasteiger partial charge in [0.15, 0.2) is 0 Å². The summed E-state index contributed by atoms with van der Waals surface area (Å²) in [5, 5.41) is 0. The van der Waals surface area contributed by atoms with Crippen LogP contribution in [0.15, 0.2) is 30.6 Å². The first-order valence-corrected chi connectivity index (χ1v) is 12.3. The molecule has 0 unspecified atom stereocenters. The molecule has 3 aliphatic rings. The molecule has 1 spiro atoms. The van der Waals surface area contributed by atoms with Gasteiger partial charge in [0.1, 0.15) is 11.4 Å². The lowest BCUT2D eigenvalue weighted by Crippen LogP contribution is -2.41. The minimum Gasteiger partial charge on any atom is -0.451 e. The van der Waals surface area contributed by atoms with Crippen molar-refractivity contribution in [2.45, 2.75) is 51.0 Å². The second-order valence-corrected chi connectivity index (χ2v) is 9.82. The molecule has 8 heteroatoms. The fourth-order valence-corrected chi connectivity index (χ4v) is 5.40. The average molecular weight is 465 g/mol. The molecule has 2 fully saturated rings. The van der Waals surface area contributed by atoms with Crippen LogP contribution in [-0.4, -0.2) is 64.9 Å². The third kappa shape index (κ3) is 4.51. The highest BCUT2D eigenvalue weighted by molar-refractivity contribution is 5.95. The minimum atomic E-state index is -0.643. The number of fused-ring (bicyclic) bond motifs is 2. The van der Waals surface area contributed by atoms with Crippen molar-refractivity contribution in [3.8, 4) is 11.8 Å². The third-order valence-electron chi connectivity index (χ3n) is 7.43. The Bertz CT molecular complexity index is 1060. The summed E-state index contributed by atoms with van der Waals surface area (Å²) in [6.45, 7) is 5.91. The quantitative estimate of drug-likeness (QED) is 0.603. The van der Waals surface area contributed by atoms with E-state index in [1.807, 2.05) is 31.0 Å². The Morgan fingerprint density at radius 2 is 1.91 bits per heavy atom. The van der Waals surface area contributed by atoms with Crippen LogP contribution in [0.4, 0.5) is 0 Å². The smallest absolute Gasteiger partial charge is 0.339 e. The molecule has 1 saturated heterocycles. The van der Waals surface area contributed by atoms with E-state index in [-0.39, 0.29) is 23.8 Å². The van der Waals surface area contributed by atoms with Gasteiger partial charge in [0, 0.05) is 44.0 Å². The summed E-state index contributed by atoms with van der Waals surface area (Å²) in [6, 6.07) is 5.68. The SMILES string of the molecule is Cc1cnc(Oc2ccc3c(c2)C(=O)OC32CCC(C(=O)N(C)CCN3CCCC3)CC2)nc1. The van der Waals surface area contributed by atoms with Crippen molar-refractivity contribution in [3.63, 3.8) is 0 Å². The molecule has 180 valence electrons. The lowest BCUT2D eigenvalue weighted by atomic mass is 9.74. The minimum absolute atomic E-state index is 0.0155. The van der Waals surface area contributed by atoms with Gasteiger partial charge in [-0.1, -0.05) is 6.07 Å². The van der Waals surface area contributed by atoms with Gasteiger partial charge < -0.3 is 19.3 Å². The first kappa shape index (κ1) is 22.8. The predicted molar refractivity (Wildman–Crippen MR) is 126 cm³/mol. The number of esters is 1. The Kier molecular flexibility index (Phi) is 6.25. The van der Waals surface area contributed by atoms with Gasteiger partial charge in [0.2, 0.25) is 5.91 Å². The Morgan fingerprint density at radius 3 is 2.62 bits per heavy atom. The molecule has 2 aromatic rings. The zero-order chi connectivity index (χ0) is 23.7. The van der Waals surface area contributed by atoms with Gasteiger partial charge in [-0.25, -0.2) is 14.8 Å². The van der Waals surface area contributed by atoms with Gasteiger partial charge in [-0.3, -0.25) is 4.79 Å². The number of aryl methyl sites for hydroxylation is 1. The van der Waals surface area contributed by atoms with Crippen LogP contribution in [0.3, 0.4) is 0 Å². The van der Waals surface area contributed by atoms with E-state index in [9.17, 15) is 9.59 Å². The lowest BCUT2D eigenvalue weighted by molar-refractivity contribution is -0.137. The second-order valence-electron chi connectivity index (χ2n) is 9.82. The van der Waals surface area contributed by atoms with E-state index in [4.69, 9.17) is 9.47 Å². The molecule has 5 rings (SSSR count). The molecule has 1 saturated carbocycles. The molecule has 34 heavy (non-hydrogen) atoms. The van der Waals surface area contributed by atoms with Crippen LogP contribution in [0.1, 0.15) is 60.0 Å². The highest BCUT2D eigenvalue weighted by Gasteiger charge is 2.48. The summed E-state index contributed by atoms with van der Waals surface area (Å²) < 4.78 is 11.7. The van der Waals surface area contributed by atoms with Crippen LogP contribution in [-0.2, 0) is 15.1 Å². The molecular formula is C26H32N4O4. The van der Waals surface area contributed by atoms with Crippen molar-refractivity contribution in [1.29, 1.82) is 0 Å². The van der Waals surface area contributed by atoms with Gasteiger partial charge in [0.05, 0.1) is 5.56 Å². The van der Waals surface area contributed by atoms with Crippen molar-refractivity contribution >= 4 is 11.9 Å². The third-order valence-corrected chi connectivity index (χ3v) is 7.43. The molecule has 8 nitrogen and oxygen atoms in total.